The van der Waals surface area contributed by atoms with Gasteiger partial charge in [0.2, 0.25) is 0 Å². The van der Waals surface area contributed by atoms with Gasteiger partial charge in [-0.05, 0) is 42.0 Å². The average Bonchev–Trinajstić information content (AvgIpc) is 2.96. The van der Waals surface area contributed by atoms with Gasteiger partial charge in [0.25, 0.3) is 0 Å². The summed E-state index contributed by atoms with van der Waals surface area (Å²) in [5, 5.41) is 3.22. The van der Waals surface area contributed by atoms with Crippen molar-refractivity contribution in [3.8, 4) is 5.75 Å². The molecule has 1 heterocycles. The number of hydrogen-bond donors (Lipinski definition) is 1. The van der Waals surface area contributed by atoms with Crippen molar-refractivity contribution < 1.29 is 31.1 Å². The molecule has 1 aliphatic carbocycles. The van der Waals surface area contributed by atoms with Crippen LogP contribution in [0, 0.1) is 17.8 Å². The van der Waals surface area contributed by atoms with Crippen molar-refractivity contribution in [1.82, 2.24) is 10.2 Å². The minimum absolute atomic E-state index is 0.0582. The van der Waals surface area contributed by atoms with Gasteiger partial charge in [0.05, 0.1) is 6.42 Å². The van der Waals surface area contributed by atoms with E-state index < -0.39 is 19.0 Å². The Morgan fingerprint density at radius 2 is 1.77 bits per heavy atom. The predicted molar refractivity (Wildman–Crippen MR) is 82.4 cm³/mol. The summed E-state index contributed by atoms with van der Waals surface area (Å²) in [6.07, 6.45) is -9.60. The van der Waals surface area contributed by atoms with Crippen LogP contribution in [0.1, 0.15) is 12.0 Å². The summed E-state index contributed by atoms with van der Waals surface area (Å²) in [4.78, 5) is 1.86. The molecule has 1 aliphatic heterocycles. The molecule has 1 saturated heterocycles. The number of nitrogens with zero attached hydrogens (tertiary/aromatic N) is 1. The quantitative estimate of drug-likeness (QED) is 0.726. The first kappa shape index (κ1) is 19.3. The SMILES string of the molecule is FC(F)(F)CCN1CC2C(CNCc3cccc(OC(F)(F)F)c3)C2C1. The summed E-state index contributed by atoms with van der Waals surface area (Å²) in [5.41, 5.74) is 0.685. The van der Waals surface area contributed by atoms with Gasteiger partial charge in [-0.3, -0.25) is 0 Å². The normalized spacial score (nSPS) is 26.0. The standard InChI is InChI=1S/C17H20F6N2O/c18-16(19,20)4-5-25-9-14-13(15(14)10-25)8-24-7-11-2-1-3-12(6-11)26-17(21,22)23/h1-3,6,13-15,24H,4-5,7-10H2. The molecule has 146 valence electrons. The molecule has 1 saturated carbocycles. The van der Waals surface area contributed by atoms with Gasteiger partial charge < -0.3 is 15.0 Å². The fraction of sp³-hybridized carbons (Fsp3) is 0.647. The van der Waals surface area contributed by atoms with E-state index in [0.717, 1.165) is 0 Å². The molecule has 9 heteroatoms. The van der Waals surface area contributed by atoms with Crippen molar-refractivity contribution in [3.63, 3.8) is 0 Å². The first-order chi connectivity index (χ1) is 12.1. The molecule has 3 rings (SSSR count). The van der Waals surface area contributed by atoms with Crippen LogP contribution in [-0.2, 0) is 6.54 Å². The lowest BCUT2D eigenvalue weighted by Crippen LogP contribution is -2.30. The molecule has 0 bridgehead atoms. The van der Waals surface area contributed by atoms with Crippen LogP contribution in [-0.4, -0.2) is 43.6 Å². The molecule has 2 atom stereocenters. The van der Waals surface area contributed by atoms with E-state index in [2.05, 4.69) is 10.1 Å². The van der Waals surface area contributed by atoms with E-state index >= 15 is 0 Å². The van der Waals surface area contributed by atoms with Gasteiger partial charge in [-0.15, -0.1) is 13.2 Å². The van der Waals surface area contributed by atoms with Crippen LogP contribution in [0.5, 0.6) is 5.75 Å². The van der Waals surface area contributed by atoms with Crippen molar-refractivity contribution in [2.75, 3.05) is 26.2 Å². The van der Waals surface area contributed by atoms with Crippen LogP contribution in [0.3, 0.4) is 0 Å². The van der Waals surface area contributed by atoms with E-state index in [1.54, 1.807) is 6.07 Å². The first-order valence-corrected chi connectivity index (χ1v) is 8.45. The van der Waals surface area contributed by atoms with Crippen LogP contribution in [0.4, 0.5) is 26.3 Å². The molecule has 2 fully saturated rings. The number of ether oxygens (including phenoxy) is 1. The Bertz CT molecular complexity index is 606. The third-order valence-corrected chi connectivity index (χ3v) is 5.00. The van der Waals surface area contributed by atoms with E-state index in [1.165, 1.54) is 18.2 Å². The van der Waals surface area contributed by atoms with Gasteiger partial charge in [0, 0.05) is 26.2 Å². The van der Waals surface area contributed by atoms with Crippen molar-refractivity contribution in [2.24, 2.45) is 17.8 Å². The molecule has 26 heavy (non-hydrogen) atoms. The molecule has 1 aromatic carbocycles. The lowest BCUT2D eigenvalue weighted by Gasteiger charge is -2.20. The third-order valence-electron chi connectivity index (χ3n) is 5.00. The number of halogens is 6. The van der Waals surface area contributed by atoms with Gasteiger partial charge in [-0.2, -0.15) is 13.2 Å². The van der Waals surface area contributed by atoms with Crippen molar-refractivity contribution in [1.29, 1.82) is 0 Å². The van der Waals surface area contributed by atoms with Gasteiger partial charge in [-0.1, -0.05) is 12.1 Å². The van der Waals surface area contributed by atoms with Crippen LogP contribution in [0.15, 0.2) is 24.3 Å². The molecular weight excluding hydrogens is 362 g/mol. The molecular formula is C17H20F6N2O. The molecule has 2 aliphatic rings. The number of piperidine rings is 1. The highest BCUT2D eigenvalue weighted by Crippen LogP contribution is 2.51. The zero-order valence-corrected chi connectivity index (χ0v) is 13.9. The summed E-state index contributed by atoms with van der Waals surface area (Å²) in [6.45, 7) is 2.59. The molecule has 3 nitrogen and oxygen atoms in total. The average molecular weight is 382 g/mol. The van der Waals surface area contributed by atoms with Gasteiger partial charge >= 0.3 is 12.5 Å². The molecule has 0 spiro atoms. The highest BCUT2D eigenvalue weighted by atomic mass is 19.4. The minimum atomic E-state index is -4.71. The molecule has 0 radical (unpaired) electrons. The second kappa shape index (κ2) is 7.26. The van der Waals surface area contributed by atoms with Gasteiger partial charge in [0.15, 0.2) is 0 Å². The second-order valence-corrected chi connectivity index (χ2v) is 6.94. The highest BCUT2D eigenvalue weighted by Gasteiger charge is 2.54. The maximum absolute atomic E-state index is 12.2. The van der Waals surface area contributed by atoms with Crippen molar-refractivity contribution in [3.05, 3.63) is 29.8 Å². The van der Waals surface area contributed by atoms with E-state index in [0.29, 0.717) is 49.5 Å². The molecule has 1 aromatic rings. The molecule has 1 N–H and O–H groups in total. The number of likely N-dealkylation sites (tertiary alicyclic amines) is 1. The summed E-state index contributed by atoms with van der Waals surface area (Å²) < 4.78 is 77.2. The number of rotatable bonds is 7. The minimum Gasteiger partial charge on any atom is -0.406 e. The van der Waals surface area contributed by atoms with Gasteiger partial charge in [-0.25, -0.2) is 0 Å². The van der Waals surface area contributed by atoms with Crippen molar-refractivity contribution in [2.45, 2.75) is 25.5 Å². The summed E-state index contributed by atoms with van der Waals surface area (Å²) >= 11 is 0. The van der Waals surface area contributed by atoms with E-state index in [-0.39, 0.29) is 12.3 Å². The topological polar surface area (TPSA) is 24.5 Å². The number of nitrogens with one attached hydrogen (secondary N) is 1. The number of alkyl halides is 6. The fourth-order valence-corrected chi connectivity index (χ4v) is 3.74. The highest BCUT2D eigenvalue weighted by molar-refractivity contribution is 5.28. The Labute approximate surface area is 147 Å². The van der Waals surface area contributed by atoms with Crippen LogP contribution in [0.2, 0.25) is 0 Å². The van der Waals surface area contributed by atoms with Crippen molar-refractivity contribution >= 4 is 0 Å². The number of benzene rings is 1. The lowest BCUT2D eigenvalue weighted by molar-refractivity contribution is -0.274. The smallest absolute Gasteiger partial charge is 0.406 e. The number of hydrogen-bond acceptors (Lipinski definition) is 3. The molecule has 2 unspecified atom stereocenters. The second-order valence-electron chi connectivity index (χ2n) is 6.94. The Morgan fingerprint density at radius 1 is 1.08 bits per heavy atom. The Morgan fingerprint density at radius 3 is 2.38 bits per heavy atom. The maximum atomic E-state index is 12.2. The van der Waals surface area contributed by atoms with Crippen LogP contribution >= 0.6 is 0 Å². The summed E-state index contributed by atoms with van der Waals surface area (Å²) in [7, 11) is 0. The predicted octanol–water partition coefficient (Wildman–Crippen LogP) is 3.81. The van der Waals surface area contributed by atoms with Crippen LogP contribution < -0.4 is 10.1 Å². The van der Waals surface area contributed by atoms with E-state index in [4.69, 9.17) is 0 Å². The first-order valence-electron chi connectivity index (χ1n) is 8.45. The fourth-order valence-electron chi connectivity index (χ4n) is 3.74. The lowest BCUT2D eigenvalue weighted by atomic mass is 10.2. The summed E-state index contributed by atoms with van der Waals surface area (Å²) in [6, 6.07) is 5.80. The Balaban J connectivity index is 1.36. The Hall–Kier alpha value is -1.48. The van der Waals surface area contributed by atoms with E-state index in [1.807, 2.05) is 4.90 Å². The largest absolute Gasteiger partial charge is 0.573 e. The third kappa shape index (κ3) is 5.51. The van der Waals surface area contributed by atoms with Gasteiger partial charge in [0.1, 0.15) is 5.75 Å². The monoisotopic (exact) mass is 382 g/mol. The van der Waals surface area contributed by atoms with Crippen LogP contribution in [0.25, 0.3) is 0 Å². The number of fused-ring (bicyclic) bond motifs is 1. The molecule has 0 aromatic heterocycles. The molecule has 0 amide bonds. The zero-order valence-electron chi connectivity index (χ0n) is 13.9. The van der Waals surface area contributed by atoms with E-state index in [9.17, 15) is 26.3 Å². The summed E-state index contributed by atoms with van der Waals surface area (Å²) in [5.74, 6) is 1.04. The Kier molecular flexibility index (Phi) is 5.39. The zero-order chi connectivity index (χ0) is 18.9. The maximum Gasteiger partial charge on any atom is 0.573 e.